The highest BCUT2D eigenvalue weighted by Gasteiger charge is 2.18. The van der Waals surface area contributed by atoms with Crippen LogP contribution >= 0.6 is 0 Å². The molecule has 0 fully saturated rings. The minimum atomic E-state index is -4.34. The fourth-order valence-corrected chi connectivity index (χ4v) is 4.03. The fraction of sp³-hybridized carbons (Fsp3) is 0.500. The third-order valence-electron chi connectivity index (χ3n) is 5.08. The van der Waals surface area contributed by atoms with Crippen LogP contribution < -0.4 is 4.74 Å². The van der Waals surface area contributed by atoms with Crippen molar-refractivity contribution in [3.8, 4) is 11.5 Å². The van der Waals surface area contributed by atoms with Gasteiger partial charge in [-0.05, 0) is 42.7 Å². The highest BCUT2D eigenvalue weighted by atomic mass is 32.2. The molecule has 5 heteroatoms. The van der Waals surface area contributed by atoms with E-state index in [1.165, 1.54) is 63.9 Å². The van der Waals surface area contributed by atoms with Crippen molar-refractivity contribution in [3.63, 3.8) is 0 Å². The molecule has 0 aromatic heterocycles. The number of aryl methyl sites for hydroxylation is 1. The molecule has 2 rings (SSSR count). The van der Waals surface area contributed by atoms with Gasteiger partial charge in [0.2, 0.25) is 0 Å². The van der Waals surface area contributed by atoms with Gasteiger partial charge < -0.3 is 4.74 Å². The summed E-state index contributed by atoms with van der Waals surface area (Å²) in [5, 5.41) is 0. The molecule has 0 amide bonds. The van der Waals surface area contributed by atoms with Crippen molar-refractivity contribution in [2.24, 2.45) is 0 Å². The fourth-order valence-electron chi connectivity index (χ4n) is 3.43. The number of rotatable bonds is 14. The maximum Gasteiger partial charge on any atom is 0.298 e. The molecule has 0 spiro atoms. The Kier molecular flexibility index (Phi) is 10.2. The summed E-state index contributed by atoms with van der Waals surface area (Å²) >= 11 is 0. The summed E-state index contributed by atoms with van der Waals surface area (Å²) < 4.78 is 38.6. The standard InChI is InChI=1S/C24H34O4S/c1-2-3-4-5-6-7-8-9-10-12-15-21-18-19-24(29(25,26)27)23(20-21)28-22-16-13-11-14-17-22/h11,13-14,16-20H,2-10,12,15H2,1H3,(H,25,26,27). The van der Waals surface area contributed by atoms with Gasteiger partial charge in [-0.2, -0.15) is 8.42 Å². The molecular weight excluding hydrogens is 384 g/mol. The number of ether oxygens (including phenoxy) is 1. The first-order chi connectivity index (χ1) is 14.0. The number of unbranched alkanes of at least 4 members (excludes halogenated alkanes) is 9. The van der Waals surface area contributed by atoms with Crippen molar-refractivity contribution < 1.29 is 17.7 Å². The highest BCUT2D eigenvalue weighted by Crippen LogP contribution is 2.30. The van der Waals surface area contributed by atoms with E-state index in [1.54, 1.807) is 24.3 Å². The van der Waals surface area contributed by atoms with E-state index in [-0.39, 0.29) is 10.6 Å². The summed E-state index contributed by atoms with van der Waals surface area (Å²) in [6, 6.07) is 13.9. The molecule has 0 heterocycles. The molecule has 4 nitrogen and oxygen atoms in total. The van der Waals surface area contributed by atoms with Crippen LogP contribution in [-0.2, 0) is 16.5 Å². The Labute approximate surface area is 176 Å². The van der Waals surface area contributed by atoms with Crippen molar-refractivity contribution in [3.05, 3.63) is 54.1 Å². The van der Waals surface area contributed by atoms with Crippen LogP contribution in [0.4, 0.5) is 0 Å². The smallest absolute Gasteiger partial charge is 0.298 e. The van der Waals surface area contributed by atoms with E-state index in [2.05, 4.69) is 6.92 Å². The Balaban J connectivity index is 1.83. The van der Waals surface area contributed by atoms with Gasteiger partial charge >= 0.3 is 0 Å². The van der Waals surface area contributed by atoms with Gasteiger partial charge in [-0.1, -0.05) is 89.0 Å². The molecule has 0 aliphatic rings. The van der Waals surface area contributed by atoms with Crippen LogP contribution in [0.2, 0.25) is 0 Å². The average molecular weight is 419 g/mol. The zero-order valence-corrected chi connectivity index (χ0v) is 18.3. The topological polar surface area (TPSA) is 63.6 Å². The van der Waals surface area contributed by atoms with Crippen molar-refractivity contribution in [2.75, 3.05) is 0 Å². The summed E-state index contributed by atoms with van der Waals surface area (Å²) in [4.78, 5) is -0.201. The molecule has 0 bridgehead atoms. The van der Waals surface area contributed by atoms with Gasteiger partial charge in [-0.15, -0.1) is 0 Å². The Morgan fingerprint density at radius 1 is 0.793 bits per heavy atom. The lowest BCUT2D eigenvalue weighted by molar-refractivity contribution is 0.449. The molecular formula is C24H34O4S. The predicted molar refractivity (Wildman–Crippen MR) is 118 cm³/mol. The zero-order chi connectivity index (χ0) is 21.0. The highest BCUT2D eigenvalue weighted by molar-refractivity contribution is 7.86. The normalized spacial score (nSPS) is 11.5. The SMILES string of the molecule is CCCCCCCCCCCCc1ccc(S(=O)(=O)O)c(Oc2ccccc2)c1. The lowest BCUT2D eigenvalue weighted by atomic mass is 10.0. The van der Waals surface area contributed by atoms with E-state index >= 15 is 0 Å². The predicted octanol–water partition coefficient (Wildman–Crippen LogP) is 7.19. The number of hydrogen-bond acceptors (Lipinski definition) is 3. The Morgan fingerprint density at radius 3 is 1.97 bits per heavy atom. The third kappa shape index (κ3) is 9.01. The van der Waals surface area contributed by atoms with Crippen LogP contribution in [0.15, 0.2) is 53.4 Å². The monoisotopic (exact) mass is 418 g/mol. The lowest BCUT2D eigenvalue weighted by Crippen LogP contribution is -2.02. The van der Waals surface area contributed by atoms with Crippen LogP contribution in [0.25, 0.3) is 0 Å². The average Bonchev–Trinajstić information content (AvgIpc) is 2.69. The van der Waals surface area contributed by atoms with Gasteiger partial charge in [-0.25, -0.2) is 0 Å². The van der Waals surface area contributed by atoms with Crippen LogP contribution in [0, 0.1) is 0 Å². The summed E-state index contributed by atoms with van der Waals surface area (Å²) in [6.07, 6.45) is 13.7. The first-order valence-corrected chi connectivity index (χ1v) is 12.3. The molecule has 160 valence electrons. The molecule has 0 saturated heterocycles. The third-order valence-corrected chi connectivity index (χ3v) is 5.97. The summed E-state index contributed by atoms with van der Waals surface area (Å²) in [5.41, 5.74) is 1.02. The molecule has 0 atom stereocenters. The van der Waals surface area contributed by atoms with Gasteiger partial charge in [0, 0.05) is 0 Å². The Morgan fingerprint density at radius 2 is 1.38 bits per heavy atom. The van der Waals surface area contributed by atoms with Crippen LogP contribution in [-0.4, -0.2) is 13.0 Å². The summed E-state index contributed by atoms with van der Waals surface area (Å²) in [6.45, 7) is 2.24. The molecule has 2 aromatic carbocycles. The van der Waals surface area contributed by atoms with E-state index < -0.39 is 10.1 Å². The largest absolute Gasteiger partial charge is 0.456 e. The van der Waals surface area contributed by atoms with Gasteiger partial charge in [-0.3, -0.25) is 4.55 Å². The second kappa shape index (κ2) is 12.7. The van der Waals surface area contributed by atoms with E-state index in [9.17, 15) is 13.0 Å². The Bertz CT molecular complexity index is 816. The van der Waals surface area contributed by atoms with Crippen molar-refractivity contribution in [2.45, 2.75) is 82.4 Å². The maximum atomic E-state index is 11.7. The number of para-hydroxylation sites is 1. The van der Waals surface area contributed by atoms with E-state index in [1.807, 2.05) is 18.2 Å². The molecule has 1 N–H and O–H groups in total. The van der Waals surface area contributed by atoms with Crippen molar-refractivity contribution >= 4 is 10.1 Å². The minimum Gasteiger partial charge on any atom is -0.456 e. The molecule has 29 heavy (non-hydrogen) atoms. The van der Waals surface area contributed by atoms with Crippen LogP contribution in [0.1, 0.15) is 76.7 Å². The van der Waals surface area contributed by atoms with Gasteiger partial charge in [0.15, 0.2) is 0 Å². The zero-order valence-electron chi connectivity index (χ0n) is 17.5. The molecule has 0 aliphatic heterocycles. The number of hydrogen-bond donors (Lipinski definition) is 1. The van der Waals surface area contributed by atoms with Crippen LogP contribution in [0.3, 0.4) is 0 Å². The first kappa shape index (κ1) is 23.4. The van der Waals surface area contributed by atoms with Gasteiger partial charge in [0.25, 0.3) is 10.1 Å². The van der Waals surface area contributed by atoms with Crippen molar-refractivity contribution in [1.82, 2.24) is 0 Å². The Hall–Kier alpha value is -1.85. The summed E-state index contributed by atoms with van der Waals surface area (Å²) in [5.74, 6) is 0.705. The second-order valence-electron chi connectivity index (χ2n) is 7.60. The second-order valence-corrected chi connectivity index (χ2v) is 8.99. The maximum absolute atomic E-state index is 11.7. The van der Waals surface area contributed by atoms with Crippen molar-refractivity contribution in [1.29, 1.82) is 0 Å². The first-order valence-electron chi connectivity index (χ1n) is 10.8. The van der Waals surface area contributed by atoms with E-state index in [4.69, 9.17) is 4.74 Å². The molecule has 0 unspecified atom stereocenters. The van der Waals surface area contributed by atoms with E-state index in [0.29, 0.717) is 5.75 Å². The van der Waals surface area contributed by atoms with Crippen LogP contribution in [0.5, 0.6) is 11.5 Å². The molecule has 0 saturated carbocycles. The minimum absolute atomic E-state index is 0.170. The quantitative estimate of drug-likeness (QED) is 0.260. The summed E-state index contributed by atoms with van der Waals surface area (Å²) in [7, 11) is -4.34. The van der Waals surface area contributed by atoms with E-state index in [0.717, 1.165) is 18.4 Å². The molecule has 2 aromatic rings. The number of benzene rings is 2. The molecule has 0 radical (unpaired) electrons. The van der Waals surface area contributed by atoms with Gasteiger partial charge in [0.1, 0.15) is 16.4 Å². The lowest BCUT2D eigenvalue weighted by Gasteiger charge is -2.11. The molecule has 0 aliphatic carbocycles. The van der Waals surface area contributed by atoms with Gasteiger partial charge in [0.05, 0.1) is 0 Å².